The second-order valence-corrected chi connectivity index (χ2v) is 13.1. The molecule has 19 nitrogen and oxygen atoms in total. The number of carboxylic acid groups (broad SMARTS) is 2. The minimum absolute atomic E-state index is 0.0467. The van der Waals surface area contributed by atoms with Gasteiger partial charge in [0.15, 0.2) is 22.3 Å². The van der Waals surface area contributed by atoms with Crippen LogP contribution in [0.15, 0.2) is 45.2 Å². The van der Waals surface area contributed by atoms with Gasteiger partial charge in [-0.1, -0.05) is 16.2 Å². The molecule has 0 radical (unpaired) electrons. The second kappa shape index (κ2) is 13.3. The average Bonchev–Trinajstić information content (AvgIpc) is 3.47. The van der Waals surface area contributed by atoms with Gasteiger partial charge in [-0.15, -0.1) is 27.8 Å². The standard InChI is InChI=1S/C26H26N10O9S3/c1-8-18(27)33-26(36(30)19(8)28)48-6-10-5-46-22-15(21(40)35(22)16(10)23(41)42)32-20(39)14(11-7-47-25(29)31-11)34-45-17(24(43)44)9-2-3-12(37)13(38)4-9/h2-4,7,15,17,22H,5-6,30H2,1H3,(H10,27,28,29,31,32,34,37,38,39,41,42,43,44)/p+1/t15-,17+,22-/m1/s1. The lowest BCUT2D eigenvalue weighted by atomic mass is 10.0. The molecule has 0 spiro atoms. The van der Waals surface area contributed by atoms with Gasteiger partial charge in [-0.2, -0.15) is 0 Å². The Bertz CT molecular complexity index is 1920. The van der Waals surface area contributed by atoms with E-state index in [1.54, 1.807) is 6.92 Å². The lowest BCUT2D eigenvalue weighted by Crippen LogP contribution is -2.71. The Kier molecular flexibility index (Phi) is 9.40. The summed E-state index contributed by atoms with van der Waals surface area (Å²) >= 11 is 3.23. The van der Waals surface area contributed by atoms with Crippen molar-refractivity contribution in [1.82, 2.24) is 20.2 Å². The molecule has 3 atom stereocenters. The summed E-state index contributed by atoms with van der Waals surface area (Å²) < 4.78 is 1.13. The topological polar surface area (TPSA) is 320 Å². The Balaban J connectivity index is 1.36. The van der Waals surface area contributed by atoms with Crippen molar-refractivity contribution < 1.29 is 49.1 Å². The van der Waals surface area contributed by atoms with Gasteiger partial charge in [0.2, 0.25) is 17.7 Å². The number of thioether (sulfide) groups is 2. The minimum atomic E-state index is -1.83. The number of oxime groups is 1. The van der Waals surface area contributed by atoms with Crippen LogP contribution >= 0.6 is 34.9 Å². The number of aromatic hydroxyl groups is 2. The number of benzene rings is 1. The first-order valence-corrected chi connectivity index (χ1v) is 16.4. The molecule has 2 aliphatic heterocycles. The van der Waals surface area contributed by atoms with E-state index in [0.29, 0.717) is 11.1 Å². The molecule has 13 N–H and O–H groups in total. The van der Waals surface area contributed by atoms with Crippen molar-refractivity contribution in [3.8, 4) is 11.5 Å². The van der Waals surface area contributed by atoms with Crippen LogP contribution in [0.3, 0.4) is 0 Å². The number of phenolic OH excluding ortho intramolecular Hbond substituents is 2. The fourth-order valence-corrected chi connectivity index (χ4v) is 7.54. The van der Waals surface area contributed by atoms with Crippen LogP contribution in [0.25, 0.3) is 0 Å². The highest BCUT2D eigenvalue weighted by Crippen LogP contribution is 2.41. The molecule has 0 saturated carbocycles. The number of carbonyl (C=O) groups excluding carboxylic acids is 2. The van der Waals surface area contributed by atoms with E-state index in [-0.39, 0.29) is 50.4 Å². The molecule has 1 fully saturated rings. The van der Waals surface area contributed by atoms with Crippen LogP contribution in [0, 0.1) is 6.92 Å². The Labute approximate surface area is 282 Å². The monoisotopic (exact) mass is 719 g/mol. The number of hydrogen-bond donors (Lipinski definition) is 9. The first-order valence-electron chi connectivity index (χ1n) is 13.5. The fourth-order valence-electron chi connectivity index (χ4n) is 4.57. The molecule has 0 aliphatic carbocycles. The number of nitrogens with zero attached hydrogens (tertiary/aromatic N) is 5. The number of carboxylic acids is 2. The molecule has 2 aromatic heterocycles. The molecule has 3 aromatic rings. The number of phenols is 2. The highest BCUT2D eigenvalue weighted by atomic mass is 32.2. The fraction of sp³-hybridized carbons (Fsp3) is 0.231. The van der Waals surface area contributed by atoms with Gasteiger partial charge in [0.05, 0.1) is 5.56 Å². The van der Waals surface area contributed by atoms with Gasteiger partial charge in [0, 0.05) is 22.4 Å². The number of rotatable bonds is 11. The van der Waals surface area contributed by atoms with Crippen LogP contribution in [0.5, 0.6) is 11.5 Å². The first-order chi connectivity index (χ1) is 22.7. The number of fused-ring (bicyclic) bond motifs is 1. The molecule has 252 valence electrons. The van der Waals surface area contributed by atoms with Crippen LogP contribution in [-0.2, 0) is 24.0 Å². The van der Waals surface area contributed by atoms with Crippen molar-refractivity contribution in [2.45, 2.75) is 29.6 Å². The van der Waals surface area contributed by atoms with Gasteiger partial charge in [0.1, 0.15) is 22.8 Å². The van der Waals surface area contributed by atoms with Crippen LogP contribution in [-0.4, -0.2) is 87.7 Å². The molecule has 5 rings (SSSR count). The Morgan fingerprint density at radius 1 is 1.21 bits per heavy atom. The number of β-lactam (4-membered cyclic amide) rings is 1. The number of nitrogens with two attached hydrogens (primary N) is 4. The maximum atomic E-state index is 13.5. The van der Waals surface area contributed by atoms with Crippen LogP contribution in [0.4, 0.5) is 16.8 Å². The summed E-state index contributed by atoms with van der Waals surface area (Å²) in [6, 6.07) is 1.97. The Morgan fingerprint density at radius 3 is 2.56 bits per heavy atom. The zero-order valence-corrected chi connectivity index (χ0v) is 27.0. The largest absolute Gasteiger partial charge is 0.504 e. The lowest BCUT2D eigenvalue weighted by molar-refractivity contribution is -0.667. The minimum Gasteiger partial charge on any atom is -0.504 e. The van der Waals surface area contributed by atoms with Crippen LogP contribution in [0.2, 0.25) is 0 Å². The molecule has 22 heteroatoms. The first kappa shape index (κ1) is 33.9. The highest BCUT2D eigenvalue weighted by Gasteiger charge is 2.54. The number of aliphatic carboxylic acids is 2. The van der Waals surface area contributed by atoms with E-state index < -0.39 is 58.5 Å². The normalized spacial score (nSPS) is 18.1. The summed E-state index contributed by atoms with van der Waals surface area (Å²) in [4.78, 5) is 65.5. The number of thiazole rings is 1. The Hall–Kier alpha value is -5.48. The summed E-state index contributed by atoms with van der Waals surface area (Å²) in [5, 5.41) is 46.2. The zero-order valence-electron chi connectivity index (χ0n) is 24.6. The van der Waals surface area contributed by atoms with E-state index in [1.165, 1.54) is 23.2 Å². The number of carbonyl (C=O) groups is 4. The average molecular weight is 720 g/mol. The number of nitrogens with one attached hydrogen (secondary N) is 1. The zero-order chi connectivity index (χ0) is 35.0. The molecule has 2 amide bonds. The molecule has 1 aromatic carbocycles. The third-order valence-electron chi connectivity index (χ3n) is 7.12. The Morgan fingerprint density at radius 2 is 1.94 bits per heavy atom. The summed E-state index contributed by atoms with van der Waals surface area (Å²) in [5.74, 6) is 0.851. The van der Waals surface area contributed by atoms with Crippen molar-refractivity contribution in [3.63, 3.8) is 0 Å². The van der Waals surface area contributed by atoms with Crippen molar-refractivity contribution in [2.75, 3.05) is 34.5 Å². The van der Waals surface area contributed by atoms with Crippen molar-refractivity contribution in [3.05, 3.63) is 51.7 Å². The van der Waals surface area contributed by atoms with Gasteiger partial charge in [-0.25, -0.2) is 14.6 Å². The predicted molar refractivity (Wildman–Crippen MR) is 173 cm³/mol. The molecular weight excluding hydrogens is 693 g/mol. The van der Waals surface area contributed by atoms with Gasteiger partial charge < -0.3 is 47.8 Å². The van der Waals surface area contributed by atoms with Crippen molar-refractivity contribution >= 4 is 81.1 Å². The summed E-state index contributed by atoms with van der Waals surface area (Å²) in [7, 11) is 0. The van der Waals surface area contributed by atoms with Crippen molar-refractivity contribution in [2.24, 2.45) is 5.16 Å². The molecule has 4 heterocycles. The molecule has 1 saturated heterocycles. The molecule has 2 aliphatic rings. The maximum Gasteiger partial charge on any atom is 0.352 e. The third kappa shape index (κ3) is 6.39. The number of amides is 2. The molecule has 0 unspecified atom stereocenters. The van der Waals surface area contributed by atoms with E-state index >= 15 is 0 Å². The van der Waals surface area contributed by atoms with Crippen LogP contribution < -0.4 is 33.0 Å². The lowest BCUT2D eigenvalue weighted by Gasteiger charge is -2.49. The summed E-state index contributed by atoms with van der Waals surface area (Å²) in [5.41, 5.74) is 17.5. The predicted octanol–water partition coefficient (Wildman–Crippen LogP) is -0.917. The highest BCUT2D eigenvalue weighted by molar-refractivity contribution is 8.01. The second-order valence-electron chi connectivity index (χ2n) is 10.1. The van der Waals surface area contributed by atoms with Crippen LogP contribution in [0.1, 0.15) is 22.9 Å². The third-order valence-corrected chi connectivity index (χ3v) is 10.2. The summed E-state index contributed by atoms with van der Waals surface area (Å²) in [6.07, 6.45) is -1.83. The van der Waals surface area contributed by atoms with E-state index in [0.717, 1.165) is 44.8 Å². The molecule has 48 heavy (non-hydrogen) atoms. The van der Waals surface area contributed by atoms with Crippen molar-refractivity contribution in [1.29, 1.82) is 0 Å². The van der Waals surface area contributed by atoms with E-state index in [9.17, 15) is 39.6 Å². The van der Waals surface area contributed by atoms with E-state index in [2.05, 4.69) is 20.4 Å². The summed E-state index contributed by atoms with van der Waals surface area (Å²) in [6.45, 7) is 1.65. The van der Waals surface area contributed by atoms with E-state index in [1.807, 2.05) is 0 Å². The number of aromatic nitrogens is 3. The smallest absolute Gasteiger partial charge is 0.352 e. The maximum absolute atomic E-state index is 13.5. The quantitative estimate of drug-likeness (QED) is 0.0169. The molecule has 0 bridgehead atoms. The van der Waals surface area contributed by atoms with Gasteiger partial charge in [-0.3, -0.25) is 20.3 Å². The number of anilines is 3. The van der Waals surface area contributed by atoms with Gasteiger partial charge >= 0.3 is 17.1 Å². The molecular formula is C26H27N10O9S3+. The number of nitrogen functional groups attached to an aromatic ring is 4. The van der Waals surface area contributed by atoms with Gasteiger partial charge in [-0.05, 0) is 36.4 Å². The number of hydrogen-bond acceptors (Lipinski definition) is 17. The van der Waals surface area contributed by atoms with E-state index in [4.69, 9.17) is 27.9 Å². The van der Waals surface area contributed by atoms with Gasteiger partial charge in [0.25, 0.3) is 11.8 Å². The SMILES string of the molecule is Cc1c(N)nc(SCC2=C(C(=O)O)N3C(=O)[C@@H](NC(=O)/C(=N\O[C@H](C(=O)O)c4ccc(O)c(O)c4)c4csc(N)n4)[C@H]3SC2)[n+](N)c1N.